The van der Waals surface area contributed by atoms with Crippen LogP contribution in [0.4, 0.5) is 0 Å². The molecule has 0 aliphatic heterocycles. The molecule has 0 saturated carbocycles. The molecule has 0 saturated heterocycles. The molecular weight excluding hydrogens is 300 g/mol. The fourth-order valence-corrected chi connectivity index (χ4v) is 1.54. The zero-order chi connectivity index (χ0) is 9.84. The highest BCUT2D eigenvalue weighted by Crippen LogP contribution is 2.23. The number of hydrogen-bond donors (Lipinski definition) is 2. The molecule has 4 heteroatoms. The van der Waals surface area contributed by atoms with E-state index in [0.717, 1.165) is 10.0 Å². The molecule has 0 amide bonds. The molecule has 0 aliphatic carbocycles. The predicted molar refractivity (Wildman–Crippen MR) is 58.9 cm³/mol. The van der Waals surface area contributed by atoms with Gasteiger partial charge in [0.15, 0.2) is 0 Å². The molecule has 0 aromatic heterocycles. The van der Waals surface area contributed by atoms with Crippen LogP contribution in [0.3, 0.4) is 0 Å². The van der Waals surface area contributed by atoms with Crippen LogP contribution in [-0.4, -0.2) is 21.6 Å². The van der Waals surface area contributed by atoms with Crippen molar-refractivity contribution in [2.75, 3.05) is 6.61 Å². The monoisotopic (exact) mass is 308 g/mol. The molecular formula is C9H10Br2O2. The first kappa shape index (κ1) is 11.2. The Kier molecular flexibility index (Phi) is 4.38. The topological polar surface area (TPSA) is 40.5 Å². The van der Waals surface area contributed by atoms with Crippen molar-refractivity contribution in [1.29, 1.82) is 0 Å². The van der Waals surface area contributed by atoms with Gasteiger partial charge in [0.2, 0.25) is 0 Å². The van der Waals surface area contributed by atoms with Gasteiger partial charge in [-0.1, -0.05) is 44.0 Å². The summed E-state index contributed by atoms with van der Waals surface area (Å²) in [4.78, 5) is -0.311. The van der Waals surface area contributed by atoms with Crippen LogP contribution in [0.2, 0.25) is 0 Å². The van der Waals surface area contributed by atoms with Gasteiger partial charge < -0.3 is 10.2 Å². The zero-order valence-electron chi connectivity index (χ0n) is 6.82. The Morgan fingerprint density at radius 1 is 1.23 bits per heavy atom. The van der Waals surface area contributed by atoms with Crippen molar-refractivity contribution in [3.63, 3.8) is 0 Å². The molecule has 0 aliphatic rings. The number of benzene rings is 1. The van der Waals surface area contributed by atoms with Crippen LogP contribution < -0.4 is 0 Å². The normalized spacial score (nSPS) is 15.4. The van der Waals surface area contributed by atoms with E-state index in [0.29, 0.717) is 0 Å². The second kappa shape index (κ2) is 5.10. The predicted octanol–water partition coefficient (Wildman–Crippen LogP) is 2.24. The average Bonchev–Trinajstić information content (AvgIpc) is 2.17. The largest absolute Gasteiger partial charge is 0.395 e. The lowest BCUT2D eigenvalue weighted by Crippen LogP contribution is -2.15. The molecule has 1 rings (SSSR count). The quantitative estimate of drug-likeness (QED) is 0.841. The molecule has 0 bridgehead atoms. The van der Waals surface area contributed by atoms with E-state index in [1.54, 1.807) is 0 Å². The molecule has 2 atom stereocenters. The van der Waals surface area contributed by atoms with Gasteiger partial charge in [-0.15, -0.1) is 0 Å². The fourth-order valence-electron chi connectivity index (χ4n) is 0.969. The van der Waals surface area contributed by atoms with Gasteiger partial charge in [-0.2, -0.15) is 0 Å². The van der Waals surface area contributed by atoms with Gasteiger partial charge >= 0.3 is 0 Å². The van der Waals surface area contributed by atoms with Gasteiger partial charge in [-0.3, -0.25) is 0 Å². The molecule has 72 valence electrons. The van der Waals surface area contributed by atoms with Gasteiger partial charge in [0.25, 0.3) is 0 Å². The fraction of sp³-hybridized carbons (Fsp3) is 0.333. The Morgan fingerprint density at radius 3 is 2.23 bits per heavy atom. The van der Waals surface area contributed by atoms with E-state index in [1.165, 1.54) is 0 Å². The van der Waals surface area contributed by atoms with E-state index in [2.05, 4.69) is 31.9 Å². The molecule has 1 aromatic rings. The number of aliphatic hydroxyl groups is 2. The highest BCUT2D eigenvalue weighted by molar-refractivity contribution is 9.10. The summed E-state index contributed by atoms with van der Waals surface area (Å²) in [6.07, 6.45) is -0.668. The third kappa shape index (κ3) is 3.06. The summed E-state index contributed by atoms with van der Waals surface area (Å²) in [5.41, 5.74) is 0.791. The van der Waals surface area contributed by atoms with Gasteiger partial charge in [0, 0.05) is 4.47 Å². The first-order valence-corrected chi connectivity index (χ1v) is 5.54. The lowest BCUT2D eigenvalue weighted by atomic mass is 10.1. The van der Waals surface area contributed by atoms with Crippen molar-refractivity contribution >= 4 is 31.9 Å². The highest BCUT2D eigenvalue weighted by Gasteiger charge is 2.16. The minimum Gasteiger partial charge on any atom is -0.395 e. The van der Waals surface area contributed by atoms with Crippen molar-refractivity contribution in [3.05, 3.63) is 34.3 Å². The third-order valence-electron chi connectivity index (χ3n) is 1.73. The standard InChI is InChI=1S/C9H10Br2O2/c10-7-3-1-6(2-4-7)9(13)8(11)5-12/h1-4,8-9,12-13H,5H2/t8-,9+/m1/s1. The lowest BCUT2D eigenvalue weighted by Gasteiger charge is -2.15. The number of aliphatic hydroxyl groups excluding tert-OH is 2. The van der Waals surface area contributed by atoms with Crippen molar-refractivity contribution in [3.8, 4) is 0 Å². The molecule has 0 heterocycles. The Bertz CT molecular complexity index is 261. The summed E-state index contributed by atoms with van der Waals surface area (Å²) in [6.45, 7) is -0.0861. The summed E-state index contributed by atoms with van der Waals surface area (Å²) >= 11 is 6.49. The molecule has 1 aromatic carbocycles. The summed E-state index contributed by atoms with van der Waals surface area (Å²) < 4.78 is 0.971. The van der Waals surface area contributed by atoms with Crippen molar-refractivity contribution in [2.45, 2.75) is 10.9 Å². The van der Waals surface area contributed by atoms with E-state index >= 15 is 0 Å². The second-order valence-electron chi connectivity index (χ2n) is 2.69. The van der Waals surface area contributed by atoms with E-state index in [9.17, 15) is 5.11 Å². The molecule has 13 heavy (non-hydrogen) atoms. The first-order valence-electron chi connectivity index (χ1n) is 3.83. The van der Waals surface area contributed by atoms with E-state index in [-0.39, 0.29) is 11.4 Å². The smallest absolute Gasteiger partial charge is 0.0937 e. The van der Waals surface area contributed by atoms with Gasteiger partial charge in [-0.25, -0.2) is 0 Å². The van der Waals surface area contributed by atoms with Crippen LogP contribution in [0.15, 0.2) is 28.7 Å². The summed E-state index contributed by atoms with van der Waals surface area (Å²) in [7, 11) is 0. The Morgan fingerprint density at radius 2 is 1.77 bits per heavy atom. The second-order valence-corrected chi connectivity index (χ2v) is 4.79. The number of halogens is 2. The van der Waals surface area contributed by atoms with Crippen molar-refractivity contribution < 1.29 is 10.2 Å². The molecule has 2 N–H and O–H groups in total. The highest BCUT2D eigenvalue weighted by atomic mass is 79.9. The average molecular weight is 310 g/mol. The van der Waals surface area contributed by atoms with Crippen LogP contribution >= 0.6 is 31.9 Å². The summed E-state index contributed by atoms with van der Waals surface area (Å²) in [6, 6.07) is 7.35. The minimum atomic E-state index is -0.668. The first-order chi connectivity index (χ1) is 6.15. The van der Waals surface area contributed by atoms with Crippen molar-refractivity contribution in [1.82, 2.24) is 0 Å². The molecule has 0 spiro atoms. The molecule has 0 unspecified atom stereocenters. The Balaban J connectivity index is 2.77. The maximum absolute atomic E-state index is 9.66. The number of hydrogen-bond acceptors (Lipinski definition) is 2. The summed E-state index contributed by atoms with van der Waals surface area (Å²) in [5, 5.41) is 18.5. The lowest BCUT2D eigenvalue weighted by molar-refractivity contribution is 0.144. The molecule has 2 nitrogen and oxygen atoms in total. The zero-order valence-corrected chi connectivity index (χ0v) is 9.99. The van der Waals surface area contributed by atoms with Gasteiger partial charge in [0.05, 0.1) is 17.5 Å². The maximum Gasteiger partial charge on any atom is 0.0937 e. The minimum absolute atomic E-state index is 0.0861. The number of alkyl halides is 1. The van der Waals surface area contributed by atoms with Gasteiger partial charge in [0.1, 0.15) is 0 Å². The van der Waals surface area contributed by atoms with E-state index < -0.39 is 6.10 Å². The SMILES string of the molecule is OC[C@@H](Br)[C@@H](O)c1ccc(Br)cc1. The molecule has 0 radical (unpaired) electrons. The van der Waals surface area contributed by atoms with Crippen LogP contribution in [0, 0.1) is 0 Å². The van der Waals surface area contributed by atoms with Crippen LogP contribution in [0.5, 0.6) is 0 Å². The van der Waals surface area contributed by atoms with Crippen LogP contribution in [0.25, 0.3) is 0 Å². The Hall–Kier alpha value is 0.100. The van der Waals surface area contributed by atoms with E-state index in [4.69, 9.17) is 5.11 Å². The van der Waals surface area contributed by atoms with Crippen LogP contribution in [0.1, 0.15) is 11.7 Å². The Labute approximate surface area is 93.8 Å². The van der Waals surface area contributed by atoms with Crippen LogP contribution in [-0.2, 0) is 0 Å². The summed E-state index contributed by atoms with van der Waals surface area (Å²) in [5.74, 6) is 0. The van der Waals surface area contributed by atoms with Gasteiger partial charge in [-0.05, 0) is 17.7 Å². The molecule has 0 fully saturated rings. The maximum atomic E-state index is 9.66. The van der Waals surface area contributed by atoms with E-state index in [1.807, 2.05) is 24.3 Å². The van der Waals surface area contributed by atoms with Crippen molar-refractivity contribution in [2.24, 2.45) is 0 Å². The number of rotatable bonds is 3. The third-order valence-corrected chi connectivity index (χ3v) is 3.05.